The van der Waals surface area contributed by atoms with Crippen LogP contribution in [0.3, 0.4) is 0 Å². The van der Waals surface area contributed by atoms with Gasteiger partial charge in [-0.3, -0.25) is 0 Å². The third kappa shape index (κ3) is 3.82. The van der Waals surface area contributed by atoms with Gasteiger partial charge in [-0.15, -0.1) is 0 Å². The van der Waals surface area contributed by atoms with E-state index in [9.17, 15) is 13.6 Å². The van der Waals surface area contributed by atoms with Crippen LogP contribution in [0.25, 0.3) is 0 Å². The Kier molecular flexibility index (Phi) is 3.43. The molecule has 1 amide bonds. The van der Waals surface area contributed by atoms with Crippen LogP contribution in [0.4, 0.5) is 13.6 Å². The van der Waals surface area contributed by atoms with Crippen molar-refractivity contribution in [2.45, 2.75) is 64.5 Å². The first-order valence-corrected chi connectivity index (χ1v) is 5.83. The van der Waals surface area contributed by atoms with Gasteiger partial charge in [-0.2, -0.15) is 0 Å². The summed E-state index contributed by atoms with van der Waals surface area (Å²) in [6, 6.07) is 0. The Hall–Kier alpha value is -0.870. The van der Waals surface area contributed by atoms with Crippen molar-refractivity contribution in [2.75, 3.05) is 0 Å². The molecule has 1 saturated carbocycles. The zero-order valence-electron chi connectivity index (χ0n) is 11.1. The molecule has 2 unspecified atom stereocenters. The maximum Gasteiger partial charge on any atom is 0.408 e. The van der Waals surface area contributed by atoms with Gasteiger partial charge < -0.3 is 10.1 Å². The molecule has 0 aromatic carbocycles. The van der Waals surface area contributed by atoms with Crippen LogP contribution in [0.2, 0.25) is 0 Å². The molecule has 5 heteroatoms. The van der Waals surface area contributed by atoms with E-state index in [1.54, 1.807) is 27.7 Å². The monoisotopic (exact) mass is 249 g/mol. The highest BCUT2D eigenvalue weighted by Crippen LogP contribution is 2.45. The molecule has 0 heterocycles. The summed E-state index contributed by atoms with van der Waals surface area (Å²) in [5.41, 5.74) is -1.50. The van der Waals surface area contributed by atoms with Gasteiger partial charge in [-0.1, -0.05) is 6.92 Å². The highest BCUT2D eigenvalue weighted by atomic mass is 19.3. The smallest absolute Gasteiger partial charge is 0.408 e. The number of amides is 1. The Bertz CT molecular complexity index is 312. The quantitative estimate of drug-likeness (QED) is 0.774. The molecule has 0 aliphatic heterocycles. The Morgan fingerprint density at radius 2 is 1.94 bits per heavy atom. The largest absolute Gasteiger partial charge is 0.444 e. The Labute approximate surface area is 101 Å². The van der Waals surface area contributed by atoms with Gasteiger partial charge >= 0.3 is 6.09 Å². The number of ether oxygens (including phenoxy) is 1. The minimum absolute atomic E-state index is 0.263. The van der Waals surface area contributed by atoms with Crippen LogP contribution < -0.4 is 5.32 Å². The van der Waals surface area contributed by atoms with E-state index in [-0.39, 0.29) is 12.8 Å². The molecule has 0 saturated heterocycles. The number of carbonyl (C=O) groups is 1. The number of halogens is 2. The molecule has 1 rings (SSSR count). The fourth-order valence-electron chi connectivity index (χ4n) is 2.24. The van der Waals surface area contributed by atoms with Gasteiger partial charge in [-0.25, -0.2) is 13.6 Å². The van der Waals surface area contributed by atoms with Gasteiger partial charge in [0.2, 0.25) is 0 Å². The number of hydrogen-bond donors (Lipinski definition) is 1. The maximum absolute atomic E-state index is 13.4. The summed E-state index contributed by atoms with van der Waals surface area (Å²) in [5.74, 6) is -3.44. The molecule has 1 aliphatic rings. The highest BCUT2D eigenvalue weighted by Gasteiger charge is 2.53. The predicted molar refractivity (Wildman–Crippen MR) is 61.1 cm³/mol. The van der Waals surface area contributed by atoms with Crippen molar-refractivity contribution in [2.24, 2.45) is 5.92 Å². The van der Waals surface area contributed by atoms with Crippen LogP contribution in [0.1, 0.15) is 47.5 Å². The standard InChI is InChI=1S/C12H21F2NO2/c1-8-6-11(5,7-12(8,13)14)15-9(16)17-10(2,3)4/h8H,6-7H2,1-5H3,(H,15,16). The first-order valence-electron chi connectivity index (χ1n) is 5.83. The molecule has 0 radical (unpaired) electrons. The fraction of sp³-hybridized carbons (Fsp3) is 0.917. The molecule has 0 bridgehead atoms. The van der Waals surface area contributed by atoms with Gasteiger partial charge in [0.05, 0.1) is 0 Å². The van der Waals surface area contributed by atoms with Crippen molar-refractivity contribution in [3.8, 4) is 0 Å². The zero-order valence-corrected chi connectivity index (χ0v) is 11.1. The van der Waals surface area contributed by atoms with E-state index in [0.29, 0.717) is 0 Å². The number of nitrogens with one attached hydrogen (secondary N) is 1. The van der Waals surface area contributed by atoms with Gasteiger partial charge in [0.1, 0.15) is 5.60 Å². The second kappa shape index (κ2) is 4.10. The molecule has 1 fully saturated rings. The van der Waals surface area contributed by atoms with Gasteiger partial charge in [0, 0.05) is 17.9 Å². The van der Waals surface area contributed by atoms with Crippen molar-refractivity contribution in [3.05, 3.63) is 0 Å². The summed E-state index contributed by atoms with van der Waals surface area (Å²) in [4.78, 5) is 11.6. The van der Waals surface area contributed by atoms with Crippen LogP contribution in [-0.4, -0.2) is 23.2 Å². The van der Waals surface area contributed by atoms with Gasteiger partial charge in [0.25, 0.3) is 5.92 Å². The number of hydrogen-bond acceptors (Lipinski definition) is 2. The lowest BCUT2D eigenvalue weighted by Gasteiger charge is -2.28. The van der Waals surface area contributed by atoms with E-state index in [1.165, 1.54) is 6.92 Å². The van der Waals surface area contributed by atoms with E-state index >= 15 is 0 Å². The van der Waals surface area contributed by atoms with Crippen LogP contribution in [0.5, 0.6) is 0 Å². The van der Waals surface area contributed by atoms with Crippen molar-refractivity contribution in [1.29, 1.82) is 0 Å². The van der Waals surface area contributed by atoms with Crippen LogP contribution in [0, 0.1) is 5.92 Å². The average Bonchev–Trinajstić information content (AvgIpc) is 2.14. The summed E-state index contributed by atoms with van der Waals surface area (Å²) in [7, 11) is 0. The Morgan fingerprint density at radius 1 is 1.41 bits per heavy atom. The molecule has 0 aromatic rings. The first-order chi connectivity index (χ1) is 7.44. The lowest BCUT2D eigenvalue weighted by molar-refractivity contribution is -0.0338. The summed E-state index contributed by atoms with van der Waals surface area (Å²) in [6.45, 7) is 8.35. The van der Waals surface area contributed by atoms with Crippen LogP contribution in [0.15, 0.2) is 0 Å². The van der Waals surface area contributed by atoms with Gasteiger partial charge in [0.15, 0.2) is 0 Å². The maximum atomic E-state index is 13.4. The predicted octanol–water partition coefficient (Wildman–Crippen LogP) is 3.34. The third-order valence-electron chi connectivity index (χ3n) is 2.91. The third-order valence-corrected chi connectivity index (χ3v) is 2.91. The Morgan fingerprint density at radius 3 is 2.29 bits per heavy atom. The SMILES string of the molecule is CC1CC(C)(NC(=O)OC(C)(C)C)CC1(F)F. The average molecular weight is 249 g/mol. The molecule has 2 atom stereocenters. The zero-order chi connectivity index (χ0) is 13.5. The molecule has 3 nitrogen and oxygen atoms in total. The summed E-state index contributed by atoms with van der Waals surface area (Å²) < 4.78 is 31.9. The molecule has 0 spiro atoms. The van der Waals surface area contributed by atoms with Gasteiger partial charge in [-0.05, 0) is 34.1 Å². The molecule has 0 aromatic heterocycles. The molecule has 1 N–H and O–H groups in total. The van der Waals surface area contributed by atoms with Crippen molar-refractivity contribution < 1.29 is 18.3 Å². The number of rotatable bonds is 1. The number of alkyl halides is 2. The lowest BCUT2D eigenvalue weighted by atomic mass is 9.99. The first kappa shape index (κ1) is 14.2. The lowest BCUT2D eigenvalue weighted by Crippen LogP contribution is -2.46. The van der Waals surface area contributed by atoms with Crippen molar-refractivity contribution in [1.82, 2.24) is 5.32 Å². The topological polar surface area (TPSA) is 38.3 Å². The summed E-state index contributed by atoms with van der Waals surface area (Å²) in [5, 5.41) is 2.56. The van der Waals surface area contributed by atoms with E-state index in [0.717, 1.165) is 0 Å². The molecule has 100 valence electrons. The molecular weight excluding hydrogens is 228 g/mol. The fourth-order valence-corrected chi connectivity index (χ4v) is 2.24. The van der Waals surface area contributed by atoms with E-state index in [4.69, 9.17) is 4.74 Å². The Balaban J connectivity index is 2.61. The van der Waals surface area contributed by atoms with E-state index in [2.05, 4.69) is 5.32 Å². The number of carbonyl (C=O) groups excluding carboxylic acids is 1. The molecular formula is C12H21F2NO2. The van der Waals surface area contributed by atoms with Crippen molar-refractivity contribution >= 4 is 6.09 Å². The van der Waals surface area contributed by atoms with E-state index in [1.807, 2.05) is 0 Å². The summed E-state index contributed by atoms with van der Waals surface area (Å²) >= 11 is 0. The molecule has 17 heavy (non-hydrogen) atoms. The second-order valence-electron chi connectivity index (χ2n) is 6.23. The number of alkyl carbamates (subject to hydrolysis) is 1. The normalized spacial score (nSPS) is 32.3. The minimum Gasteiger partial charge on any atom is -0.444 e. The second-order valence-corrected chi connectivity index (χ2v) is 6.23. The van der Waals surface area contributed by atoms with Crippen LogP contribution >= 0.6 is 0 Å². The van der Waals surface area contributed by atoms with E-state index < -0.39 is 29.1 Å². The minimum atomic E-state index is -2.72. The summed E-state index contributed by atoms with van der Waals surface area (Å²) in [6.07, 6.45) is -0.704. The van der Waals surface area contributed by atoms with Crippen LogP contribution in [-0.2, 0) is 4.74 Å². The molecule has 1 aliphatic carbocycles. The highest BCUT2D eigenvalue weighted by molar-refractivity contribution is 5.68. The van der Waals surface area contributed by atoms with Crippen molar-refractivity contribution in [3.63, 3.8) is 0 Å².